The second-order valence-corrected chi connectivity index (χ2v) is 5.71. The number of rotatable bonds is 1. The molecular formula is C18H7Cl2FN2. The average molecular weight is 341 g/mol. The van der Waals surface area contributed by atoms with Gasteiger partial charge in [-0.2, -0.15) is 10.5 Å². The van der Waals surface area contributed by atoms with Crippen molar-refractivity contribution in [3.63, 3.8) is 0 Å². The first-order valence-electron chi connectivity index (χ1n) is 6.57. The van der Waals surface area contributed by atoms with E-state index in [0.717, 1.165) is 0 Å². The minimum absolute atomic E-state index is 0.184. The third kappa shape index (κ3) is 2.62. The molecular weight excluding hydrogens is 334 g/mol. The van der Waals surface area contributed by atoms with E-state index in [1.165, 1.54) is 12.1 Å². The lowest BCUT2D eigenvalue weighted by Crippen LogP contribution is -1.93. The van der Waals surface area contributed by atoms with E-state index in [-0.39, 0.29) is 11.1 Å². The molecule has 0 unspecified atom stereocenters. The summed E-state index contributed by atoms with van der Waals surface area (Å²) in [6.07, 6.45) is 0. The molecule has 2 nitrogen and oxygen atoms in total. The van der Waals surface area contributed by atoms with Crippen molar-refractivity contribution in [1.82, 2.24) is 0 Å². The van der Waals surface area contributed by atoms with Crippen LogP contribution < -0.4 is 0 Å². The van der Waals surface area contributed by atoms with E-state index in [9.17, 15) is 14.9 Å². The smallest absolute Gasteiger partial charge is 0.123 e. The van der Waals surface area contributed by atoms with Crippen molar-refractivity contribution in [2.75, 3.05) is 0 Å². The molecule has 0 bridgehead atoms. The van der Waals surface area contributed by atoms with Crippen molar-refractivity contribution in [3.05, 3.63) is 69.5 Å². The van der Waals surface area contributed by atoms with Gasteiger partial charge in [0.25, 0.3) is 0 Å². The van der Waals surface area contributed by atoms with Crippen LogP contribution in [0.25, 0.3) is 21.9 Å². The molecule has 0 aromatic heterocycles. The second kappa shape index (κ2) is 5.89. The summed E-state index contributed by atoms with van der Waals surface area (Å²) in [7, 11) is 0. The van der Waals surface area contributed by atoms with Crippen molar-refractivity contribution in [3.8, 4) is 23.3 Å². The summed E-state index contributed by atoms with van der Waals surface area (Å²) < 4.78 is 13.6. The van der Waals surface area contributed by atoms with Gasteiger partial charge in [-0.3, -0.25) is 0 Å². The summed E-state index contributed by atoms with van der Waals surface area (Å²) in [5.74, 6) is -0.429. The second-order valence-electron chi connectivity index (χ2n) is 4.90. The first kappa shape index (κ1) is 15.3. The summed E-state index contributed by atoms with van der Waals surface area (Å²) in [5.41, 5.74) is 1.36. The number of hydrogen-bond acceptors (Lipinski definition) is 2. The largest absolute Gasteiger partial charge is 0.207 e. The Bertz CT molecular complexity index is 1030. The van der Waals surface area contributed by atoms with Crippen LogP contribution in [0.3, 0.4) is 0 Å². The van der Waals surface area contributed by atoms with Crippen LogP contribution in [0.5, 0.6) is 0 Å². The lowest BCUT2D eigenvalue weighted by Gasteiger charge is -2.12. The highest BCUT2D eigenvalue weighted by molar-refractivity contribution is 6.43. The fourth-order valence-corrected chi connectivity index (χ4v) is 2.88. The van der Waals surface area contributed by atoms with Crippen molar-refractivity contribution >= 4 is 34.0 Å². The Morgan fingerprint density at radius 1 is 0.913 bits per heavy atom. The molecule has 0 saturated carbocycles. The average Bonchev–Trinajstić information content (AvgIpc) is 2.54. The number of nitriles is 2. The number of hydrogen-bond donors (Lipinski definition) is 0. The highest BCUT2D eigenvalue weighted by Crippen LogP contribution is 2.38. The van der Waals surface area contributed by atoms with E-state index in [2.05, 4.69) is 0 Å². The minimum Gasteiger partial charge on any atom is -0.207 e. The molecule has 0 spiro atoms. The summed E-state index contributed by atoms with van der Waals surface area (Å²) in [6.45, 7) is 0. The van der Waals surface area contributed by atoms with Crippen LogP contribution in [-0.4, -0.2) is 0 Å². The molecule has 110 valence electrons. The molecule has 0 heterocycles. The minimum atomic E-state index is -0.429. The molecule has 0 N–H and O–H groups in total. The Labute approximate surface area is 141 Å². The van der Waals surface area contributed by atoms with Gasteiger partial charge >= 0.3 is 0 Å². The zero-order chi connectivity index (χ0) is 16.6. The molecule has 0 aliphatic carbocycles. The topological polar surface area (TPSA) is 47.6 Å². The van der Waals surface area contributed by atoms with E-state index in [0.29, 0.717) is 31.9 Å². The van der Waals surface area contributed by atoms with E-state index in [1.54, 1.807) is 30.3 Å². The number of nitrogens with zero attached hydrogens (tertiary/aromatic N) is 2. The van der Waals surface area contributed by atoms with Gasteiger partial charge in [-0.05, 0) is 46.7 Å². The zero-order valence-electron chi connectivity index (χ0n) is 11.6. The van der Waals surface area contributed by atoms with Crippen molar-refractivity contribution < 1.29 is 4.39 Å². The van der Waals surface area contributed by atoms with Gasteiger partial charge in [0.2, 0.25) is 0 Å². The van der Waals surface area contributed by atoms with Crippen LogP contribution >= 0.6 is 23.2 Å². The summed E-state index contributed by atoms with van der Waals surface area (Å²) in [5, 5.41) is 20.8. The maximum Gasteiger partial charge on any atom is 0.123 e. The third-order valence-electron chi connectivity index (χ3n) is 3.53. The molecule has 0 radical (unpaired) electrons. The van der Waals surface area contributed by atoms with Gasteiger partial charge in [0.15, 0.2) is 0 Å². The zero-order valence-corrected chi connectivity index (χ0v) is 13.1. The van der Waals surface area contributed by atoms with Gasteiger partial charge < -0.3 is 0 Å². The normalized spacial score (nSPS) is 10.3. The fourth-order valence-electron chi connectivity index (χ4n) is 2.54. The Hall–Kier alpha value is -2.59. The van der Waals surface area contributed by atoms with E-state index < -0.39 is 5.82 Å². The first-order valence-corrected chi connectivity index (χ1v) is 7.32. The number of halogens is 3. The lowest BCUT2D eigenvalue weighted by atomic mass is 9.90. The molecule has 3 rings (SSSR count). The van der Waals surface area contributed by atoms with E-state index >= 15 is 0 Å². The van der Waals surface area contributed by atoms with E-state index in [1.807, 2.05) is 12.1 Å². The van der Waals surface area contributed by atoms with Crippen LogP contribution in [0.15, 0.2) is 42.5 Å². The van der Waals surface area contributed by atoms with Crippen LogP contribution in [-0.2, 0) is 0 Å². The fraction of sp³-hybridized carbons (Fsp3) is 0. The summed E-state index contributed by atoms with van der Waals surface area (Å²) in [4.78, 5) is 0. The molecule has 0 atom stereocenters. The van der Waals surface area contributed by atoms with Gasteiger partial charge in [0.1, 0.15) is 18.0 Å². The molecule has 0 aliphatic rings. The maximum absolute atomic E-state index is 13.6. The van der Waals surface area contributed by atoms with Crippen LogP contribution in [0.1, 0.15) is 11.1 Å². The molecule has 0 fully saturated rings. The predicted molar refractivity (Wildman–Crippen MR) is 88.8 cm³/mol. The molecule has 3 aromatic rings. The third-order valence-corrected chi connectivity index (χ3v) is 4.25. The van der Waals surface area contributed by atoms with Gasteiger partial charge in [-0.1, -0.05) is 35.3 Å². The monoisotopic (exact) mass is 340 g/mol. The first-order chi connectivity index (χ1) is 11.0. The highest BCUT2D eigenvalue weighted by atomic mass is 35.5. The maximum atomic E-state index is 13.6. The van der Waals surface area contributed by atoms with Gasteiger partial charge in [0, 0.05) is 5.56 Å². The standard InChI is InChI=1S/C18H7Cl2FN2/c19-16-6-11-4-12(8-22)15(9-23)18(14(11)7-17(16)20)10-2-1-3-13(21)5-10/h1-7H. The van der Waals surface area contributed by atoms with Crippen LogP contribution in [0.4, 0.5) is 4.39 Å². The van der Waals surface area contributed by atoms with Gasteiger partial charge in [-0.25, -0.2) is 4.39 Å². The molecule has 0 aliphatic heterocycles. The Morgan fingerprint density at radius 3 is 2.30 bits per heavy atom. The Balaban J connectivity index is 2.53. The van der Waals surface area contributed by atoms with Crippen LogP contribution in [0, 0.1) is 28.5 Å². The summed E-state index contributed by atoms with van der Waals surface area (Å²) in [6, 6.07) is 14.7. The molecule has 5 heteroatoms. The number of benzene rings is 3. The van der Waals surface area contributed by atoms with Gasteiger partial charge in [-0.15, -0.1) is 0 Å². The number of fused-ring (bicyclic) bond motifs is 1. The van der Waals surface area contributed by atoms with E-state index in [4.69, 9.17) is 23.2 Å². The van der Waals surface area contributed by atoms with Crippen LogP contribution in [0.2, 0.25) is 10.0 Å². The Morgan fingerprint density at radius 2 is 1.65 bits per heavy atom. The molecule has 3 aromatic carbocycles. The molecule has 23 heavy (non-hydrogen) atoms. The Kier molecular flexibility index (Phi) is 3.92. The lowest BCUT2D eigenvalue weighted by molar-refractivity contribution is 0.628. The van der Waals surface area contributed by atoms with Crippen molar-refractivity contribution in [2.45, 2.75) is 0 Å². The predicted octanol–water partition coefficient (Wildman–Crippen LogP) is 5.70. The molecule has 0 saturated heterocycles. The quantitative estimate of drug-likeness (QED) is 0.570. The molecule has 0 amide bonds. The van der Waals surface area contributed by atoms with Crippen molar-refractivity contribution in [2.24, 2.45) is 0 Å². The SMILES string of the molecule is N#Cc1cc2cc(Cl)c(Cl)cc2c(-c2cccc(F)c2)c1C#N. The highest BCUT2D eigenvalue weighted by Gasteiger charge is 2.17. The summed E-state index contributed by atoms with van der Waals surface area (Å²) >= 11 is 12.1. The van der Waals surface area contributed by atoms with Gasteiger partial charge in [0.05, 0.1) is 21.2 Å². The van der Waals surface area contributed by atoms with Crippen molar-refractivity contribution in [1.29, 1.82) is 10.5 Å².